The van der Waals surface area contributed by atoms with E-state index in [0.29, 0.717) is 22.3 Å². The molecular weight excluding hydrogens is 388 g/mol. The third-order valence-electron chi connectivity index (χ3n) is 5.06. The molecule has 0 spiro atoms. The molecule has 2 heterocycles. The summed E-state index contributed by atoms with van der Waals surface area (Å²) in [5.74, 6) is 0.956. The Morgan fingerprint density at radius 2 is 1.90 bits per heavy atom. The Hall–Kier alpha value is -2.39. The lowest BCUT2D eigenvalue weighted by molar-refractivity contribution is -0.129. The Balaban J connectivity index is 1.57. The zero-order chi connectivity index (χ0) is 21.0. The number of rotatable bonds is 6. The topological polar surface area (TPSA) is 83.4 Å². The first-order valence-corrected chi connectivity index (χ1v) is 10.7. The lowest BCUT2D eigenvalue weighted by atomic mass is 10.1. The molecule has 1 fully saturated rings. The van der Waals surface area contributed by atoms with Gasteiger partial charge in [0.1, 0.15) is 0 Å². The average molecular weight is 417 g/mol. The number of likely N-dealkylation sites (N-methyl/N-ethyl adjacent to an activating group) is 1. The van der Waals surface area contributed by atoms with Crippen molar-refractivity contribution in [2.24, 2.45) is 7.05 Å². The highest BCUT2D eigenvalue weighted by Gasteiger charge is 2.22. The van der Waals surface area contributed by atoms with Crippen molar-refractivity contribution in [1.82, 2.24) is 29.9 Å². The van der Waals surface area contributed by atoms with Crippen LogP contribution < -0.4 is 5.32 Å². The number of piperazine rings is 1. The molecule has 1 N–H and O–H groups in total. The van der Waals surface area contributed by atoms with Gasteiger partial charge >= 0.3 is 0 Å². The number of thioether (sulfide) groups is 1. The van der Waals surface area contributed by atoms with E-state index in [1.165, 1.54) is 11.8 Å². The molecule has 1 aromatic carbocycles. The summed E-state index contributed by atoms with van der Waals surface area (Å²) < 4.78 is 1.84. The SMILES string of the molecule is Cc1cccc(C(=O)NC(C)c2nnc(SCC(=O)N3CCN(C)CC3)n2C)c1. The van der Waals surface area contributed by atoms with E-state index in [2.05, 4.69) is 27.5 Å². The van der Waals surface area contributed by atoms with Gasteiger partial charge < -0.3 is 19.7 Å². The third-order valence-corrected chi connectivity index (χ3v) is 6.07. The fraction of sp³-hybridized carbons (Fsp3) is 0.500. The maximum absolute atomic E-state index is 12.5. The molecular formula is C20H28N6O2S. The number of amides is 2. The standard InChI is InChI=1S/C20H28N6O2S/c1-14-6-5-7-16(12-14)19(28)21-15(2)18-22-23-20(25(18)4)29-13-17(27)26-10-8-24(3)9-11-26/h5-7,12,15H,8-11,13H2,1-4H3,(H,21,28). The maximum Gasteiger partial charge on any atom is 0.251 e. The Bertz CT molecular complexity index is 876. The number of carbonyl (C=O) groups is 2. The number of aryl methyl sites for hydroxylation is 1. The molecule has 1 unspecified atom stereocenters. The minimum absolute atomic E-state index is 0.119. The lowest BCUT2D eigenvalue weighted by Gasteiger charge is -2.32. The summed E-state index contributed by atoms with van der Waals surface area (Å²) >= 11 is 1.38. The summed E-state index contributed by atoms with van der Waals surface area (Å²) in [6.45, 7) is 7.17. The van der Waals surface area contributed by atoms with Crippen LogP contribution in [0.5, 0.6) is 0 Å². The highest BCUT2D eigenvalue weighted by atomic mass is 32.2. The second-order valence-corrected chi connectivity index (χ2v) is 8.38. The molecule has 9 heteroatoms. The van der Waals surface area contributed by atoms with Gasteiger partial charge in [0, 0.05) is 38.8 Å². The van der Waals surface area contributed by atoms with Gasteiger partial charge in [-0.25, -0.2) is 0 Å². The Morgan fingerprint density at radius 1 is 1.17 bits per heavy atom. The minimum atomic E-state index is -0.303. The van der Waals surface area contributed by atoms with Gasteiger partial charge in [-0.05, 0) is 33.0 Å². The van der Waals surface area contributed by atoms with Crippen molar-refractivity contribution in [2.75, 3.05) is 39.0 Å². The van der Waals surface area contributed by atoms with Gasteiger partial charge in [0.2, 0.25) is 5.91 Å². The van der Waals surface area contributed by atoms with Crippen molar-refractivity contribution in [3.8, 4) is 0 Å². The molecule has 1 atom stereocenters. The predicted octanol–water partition coefficient (Wildman–Crippen LogP) is 1.48. The number of aromatic nitrogens is 3. The largest absolute Gasteiger partial charge is 0.342 e. The highest BCUT2D eigenvalue weighted by Crippen LogP contribution is 2.20. The molecule has 29 heavy (non-hydrogen) atoms. The molecule has 0 radical (unpaired) electrons. The van der Waals surface area contributed by atoms with Crippen molar-refractivity contribution in [3.63, 3.8) is 0 Å². The first kappa shape index (κ1) is 21.3. The molecule has 1 saturated heterocycles. The van der Waals surface area contributed by atoms with Crippen LogP contribution in [0.25, 0.3) is 0 Å². The Kier molecular flexibility index (Phi) is 6.92. The van der Waals surface area contributed by atoms with E-state index in [1.807, 2.05) is 48.6 Å². The molecule has 8 nitrogen and oxygen atoms in total. The lowest BCUT2D eigenvalue weighted by Crippen LogP contribution is -2.47. The van der Waals surface area contributed by atoms with E-state index in [4.69, 9.17) is 0 Å². The maximum atomic E-state index is 12.5. The van der Waals surface area contributed by atoms with Crippen molar-refractivity contribution < 1.29 is 9.59 Å². The predicted molar refractivity (Wildman–Crippen MR) is 113 cm³/mol. The molecule has 0 saturated carbocycles. The highest BCUT2D eigenvalue weighted by molar-refractivity contribution is 7.99. The summed E-state index contributed by atoms with van der Waals surface area (Å²) in [4.78, 5) is 29.0. The van der Waals surface area contributed by atoms with Gasteiger partial charge in [-0.2, -0.15) is 0 Å². The first-order valence-electron chi connectivity index (χ1n) is 9.71. The van der Waals surface area contributed by atoms with Crippen LogP contribution in [-0.2, 0) is 11.8 Å². The van der Waals surface area contributed by atoms with Crippen molar-refractivity contribution in [3.05, 3.63) is 41.2 Å². The summed E-state index contributed by atoms with van der Waals surface area (Å²) in [6.07, 6.45) is 0. The van der Waals surface area contributed by atoms with Crippen molar-refractivity contribution in [2.45, 2.75) is 25.0 Å². The number of hydrogen-bond donors (Lipinski definition) is 1. The zero-order valence-corrected chi connectivity index (χ0v) is 18.2. The third kappa shape index (κ3) is 5.36. The summed E-state index contributed by atoms with van der Waals surface area (Å²) in [5, 5.41) is 12.1. The fourth-order valence-electron chi connectivity index (χ4n) is 3.23. The summed E-state index contributed by atoms with van der Waals surface area (Å²) in [5.41, 5.74) is 1.65. The molecule has 1 aliphatic heterocycles. The van der Waals surface area contributed by atoms with Gasteiger partial charge in [0.25, 0.3) is 5.91 Å². The van der Waals surface area contributed by atoms with E-state index in [-0.39, 0.29) is 17.9 Å². The normalized spacial score (nSPS) is 15.9. The van der Waals surface area contributed by atoms with Crippen LogP contribution in [-0.4, -0.2) is 75.4 Å². The molecule has 3 rings (SSSR count). The van der Waals surface area contributed by atoms with Crippen LogP contribution in [0.2, 0.25) is 0 Å². The van der Waals surface area contributed by atoms with Gasteiger partial charge in [-0.1, -0.05) is 29.5 Å². The molecule has 2 amide bonds. The number of benzene rings is 1. The van der Waals surface area contributed by atoms with Crippen LogP contribution in [0.1, 0.15) is 34.7 Å². The number of carbonyl (C=O) groups excluding carboxylic acids is 2. The van der Waals surface area contributed by atoms with Crippen molar-refractivity contribution >= 4 is 23.6 Å². The Morgan fingerprint density at radius 3 is 2.59 bits per heavy atom. The molecule has 156 valence electrons. The van der Waals surface area contributed by atoms with E-state index in [1.54, 1.807) is 6.07 Å². The minimum Gasteiger partial charge on any atom is -0.342 e. The van der Waals surface area contributed by atoms with Gasteiger partial charge in [0.05, 0.1) is 11.8 Å². The second-order valence-electron chi connectivity index (χ2n) is 7.44. The van der Waals surface area contributed by atoms with Gasteiger partial charge in [-0.3, -0.25) is 9.59 Å². The van der Waals surface area contributed by atoms with Crippen molar-refractivity contribution in [1.29, 1.82) is 0 Å². The van der Waals surface area contributed by atoms with E-state index >= 15 is 0 Å². The van der Waals surface area contributed by atoms with Gasteiger partial charge in [0.15, 0.2) is 11.0 Å². The van der Waals surface area contributed by atoms with Crippen LogP contribution >= 0.6 is 11.8 Å². The Labute approximate surface area is 175 Å². The van der Waals surface area contributed by atoms with E-state index in [0.717, 1.165) is 31.7 Å². The van der Waals surface area contributed by atoms with E-state index in [9.17, 15) is 9.59 Å². The van der Waals surface area contributed by atoms with Gasteiger partial charge in [-0.15, -0.1) is 10.2 Å². The van der Waals surface area contributed by atoms with Crippen LogP contribution in [0.4, 0.5) is 0 Å². The summed E-state index contributed by atoms with van der Waals surface area (Å²) in [7, 11) is 3.92. The number of hydrogen-bond acceptors (Lipinski definition) is 6. The fourth-order valence-corrected chi connectivity index (χ4v) is 4.05. The molecule has 1 aliphatic rings. The summed E-state index contributed by atoms with van der Waals surface area (Å²) in [6, 6.07) is 7.16. The first-order chi connectivity index (χ1) is 13.8. The average Bonchev–Trinajstić information content (AvgIpc) is 3.07. The smallest absolute Gasteiger partial charge is 0.251 e. The molecule has 0 bridgehead atoms. The monoisotopic (exact) mass is 416 g/mol. The van der Waals surface area contributed by atoms with Crippen LogP contribution in [0, 0.1) is 6.92 Å². The molecule has 0 aliphatic carbocycles. The number of nitrogens with zero attached hydrogens (tertiary/aromatic N) is 5. The number of nitrogens with one attached hydrogen (secondary N) is 1. The van der Waals surface area contributed by atoms with Crippen LogP contribution in [0.3, 0.4) is 0 Å². The second kappa shape index (κ2) is 9.41. The molecule has 1 aromatic heterocycles. The van der Waals surface area contributed by atoms with Crippen LogP contribution in [0.15, 0.2) is 29.4 Å². The van der Waals surface area contributed by atoms with E-state index < -0.39 is 0 Å². The zero-order valence-electron chi connectivity index (χ0n) is 17.4. The molecule has 2 aromatic rings. The quantitative estimate of drug-likeness (QED) is 0.719.